The molecule has 16 heavy (non-hydrogen) atoms. The lowest BCUT2D eigenvalue weighted by Crippen LogP contribution is -2.24. The van der Waals surface area contributed by atoms with Gasteiger partial charge in [0.15, 0.2) is 5.69 Å². The van der Waals surface area contributed by atoms with Crippen LogP contribution in [0, 0.1) is 0 Å². The molecule has 1 heterocycles. The number of carboxylic acids is 1. The van der Waals surface area contributed by atoms with E-state index in [1.807, 2.05) is 6.92 Å². The number of amides is 1. The Morgan fingerprint density at radius 1 is 1.56 bits per heavy atom. The lowest BCUT2D eigenvalue weighted by atomic mass is 10.4. The molecular formula is C9H13N3O4. The zero-order chi connectivity index (χ0) is 12.0. The van der Waals surface area contributed by atoms with Gasteiger partial charge in [0, 0.05) is 19.5 Å². The van der Waals surface area contributed by atoms with Crippen LogP contribution in [-0.2, 0) is 4.79 Å². The Balaban J connectivity index is 2.32. The summed E-state index contributed by atoms with van der Waals surface area (Å²) in [6.07, 6.45) is 1.31. The average molecular weight is 227 g/mol. The Kier molecular flexibility index (Phi) is 4.31. The third kappa shape index (κ3) is 3.60. The summed E-state index contributed by atoms with van der Waals surface area (Å²) in [5.41, 5.74) is -0.166. The van der Waals surface area contributed by atoms with Gasteiger partial charge in [0.2, 0.25) is 5.91 Å². The maximum atomic E-state index is 11.1. The van der Waals surface area contributed by atoms with E-state index in [-0.39, 0.29) is 24.0 Å². The molecule has 0 fully saturated rings. The second-order valence-corrected chi connectivity index (χ2v) is 2.97. The normalized spacial score (nSPS) is 9.81. The van der Waals surface area contributed by atoms with Crippen LogP contribution < -0.4 is 10.6 Å². The van der Waals surface area contributed by atoms with Crippen LogP contribution in [0.2, 0.25) is 0 Å². The quantitative estimate of drug-likeness (QED) is 0.646. The molecule has 1 amide bonds. The molecule has 0 saturated heterocycles. The van der Waals surface area contributed by atoms with Gasteiger partial charge >= 0.3 is 5.97 Å². The lowest BCUT2D eigenvalue weighted by molar-refractivity contribution is -0.120. The van der Waals surface area contributed by atoms with E-state index < -0.39 is 5.97 Å². The van der Waals surface area contributed by atoms with Gasteiger partial charge < -0.3 is 20.2 Å². The minimum absolute atomic E-state index is 0.0833. The second-order valence-electron chi connectivity index (χ2n) is 2.97. The third-order valence-corrected chi connectivity index (χ3v) is 1.73. The van der Waals surface area contributed by atoms with E-state index in [4.69, 9.17) is 9.52 Å². The number of carbonyl (C=O) groups is 2. The van der Waals surface area contributed by atoms with Crippen molar-refractivity contribution in [1.29, 1.82) is 0 Å². The number of hydrogen-bond acceptors (Lipinski definition) is 5. The number of oxazole rings is 1. The number of hydrogen-bond donors (Lipinski definition) is 3. The predicted molar refractivity (Wildman–Crippen MR) is 55.3 cm³/mol. The molecule has 0 aliphatic rings. The number of carboxylic acid groups (broad SMARTS) is 1. The minimum atomic E-state index is -1.15. The van der Waals surface area contributed by atoms with E-state index in [1.165, 1.54) is 0 Å². The first-order chi connectivity index (χ1) is 7.63. The van der Waals surface area contributed by atoms with Crippen LogP contribution in [0.5, 0.6) is 0 Å². The Morgan fingerprint density at radius 3 is 2.88 bits per heavy atom. The fraction of sp³-hybridized carbons (Fsp3) is 0.444. The van der Waals surface area contributed by atoms with Crippen molar-refractivity contribution in [2.75, 3.05) is 18.4 Å². The molecule has 1 rings (SSSR count). The van der Waals surface area contributed by atoms with Crippen LogP contribution in [0.3, 0.4) is 0 Å². The SMILES string of the molecule is CCNC(=O)CCNc1nc(C(=O)O)co1. The number of anilines is 1. The van der Waals surface area contributed by atoms with Crippen molar-refractivity contribution in [1.82, 2.24) is 10.3 Å². The van der Waals surface area contributed by atoms with Crippen molar-refractivity contribution in [3.8, 4) is 0 Å². The molecule has 1 aromatic heterocycles. The summed E-state index contributed by atoms with van der Waals surface area (Å²) in [7, 11) is 0. The van der Waals surface area contributed by atoms with E-state index in [9.17, 15) is 9.59 Å². The molecule has 0 aliphatic heterocycles. The smallest absolute Gasteiger partial charge is 0.357 e. The first kappa shape index (κ1) is 12.0. The molecule has 88 valence electrons. The van der Waals surface area contributed by atoms with Gasteiger partial charge in [-0.1, -0.05) is 0 Å². The Bertz CT molecular complexity index is 375. The summed E-state index contributed by atoms with van der Waals surface area (Å²) in [6, 6.07) is 0.0988. The topological polar surface area (TPSA) is 104 Å². The van der Waals surface area contributed by atoms with Crippen LogP contribution in [0.25, 0.3) is 0 Å². The van der Waals surface area contributed by atoms with Crippen LogP contribution in [0.1, 0.15) is 23.8 Å². The molecule has 7 nitrogen and oxygen atoms in total. The number of rotatable bonds is 6. The number of nitrogens with zero attached hydrogens (tertiary/aromatic N) is 1. The Labute approximate surface area is 91.9 Å². The molecule has 7 heteroatoms. The number of nitrogens with one attached hydrogen (secondary N) is 2. The monoisotopic (exact) mass is 227 g/mol. The molecule has 0 aliphatic carbocycles. The highest BCUT2D eigenvalue weighted by Gasteiger charge is 2.09. The molecule has 0 unspecified atom stereocenters. The molecule has 0 saturated carbocycles. The predicted octanol–water partition coefficient (Wildman–Crippen LogP) is 0.311. The fourth-order valence-corrected chi connectivity index (χ4v) is 1.02. The zero-order valence-electron chi connectivity index (χ0n) is 8.82. The van der Waals surface area contributed by atoms with E-state index in [1.54, 1.807) is 0 Å². The van der Waals surface area contributed by atoms with Crippen molar-refractivity contribution >= 4 is 17.9 Å². The second kappa shape index (κ2) is 5.74. The third-order valence-electron chi connectivity index (χ3n) is 1.73. The lowest BCUT2D eigenvalue weighted by Gasteiger charge is -2.01. The molecule has 0 radical (unpaired) electrons. The zero-order valence-corrected chi connectivity index (χ0v) is 8.82. The van der Waals surface area contributed by atoms with E-state index in [0.717, 1.165) is 6.26 Å². The van der Waals surface area contributed by atoms with E-state index in [2.05, 4.69) is 15.6 Å². The van der Waals surface area contributed by atoms with Crippen molar-refractivity contribution in [2.45, 2.75) is 13.3 Å². The van der Waals surface area contributed by atoms with Gasteiger partial charge in [0.1, 0.15) is 6.26 Å². The first-order valence-electron chi connectivity index (χ1n) is 4.83. The highest BCUT2D eigenvalue weighted by atomic mass is 16.4. The van der Waals surface area contributed by atoms with Gasteiger partial charge in [-0.2, -0.15) is 4.98 Å². The molecule has 0 spiro atoms. The van der Waals surface area contributed by atoms with E-state index >= 15 is 0 Å². The van der Waals surface area contributed by atoms with Crippen LogP contribution >= 0.6 is 0 Å². The van der Waals surface area contributed by atoms with Gasteiger partial charge in [-0.3, -0.25) is 4.79 Å². The van der Waals surface area contributed by atoms with Crippen molar-refractivity contribution < 1.29 is 19.1 Å². The maximum Gasteiger partial charge on any atom is 0.357 e. The molecule has 0 aromatic carbocycles. The van der Waals surface area contributed by atoms with Gasteiger partial charge in [-0.05, 0) is 6.92 Å². The Hall–Kier alpha value is -2.05. The highest BCUT2D eigenvalue weighted by Crippen LogP contribution is 2.06. The maximum absolute atomic E-state index is 11.1. The minimum Gasteiger partial charge on any atom is -0.476 e. The van der Waals surface area contributed by atoms with Gasteiger partial charge in [0.05, 0.1) is 0 Å². The van der Waals surface area contributed by atoms with Crippen LogP contribution in [-0.4, -0.2) is 35.1 Å². The molecule has 1 aromatic rings. The average Bonchev–Trinajstić information content (AvgIpc) is 2.67. The standard InChI is InChI=1S/C9H13N3O4/c1-2-10-7(13)3-4-11-9-12-6(5-16-9)8(14)15/h5H,2-4H2,1H3,(H,10,13)(H,11,12)(H,14,15). The van der Waals surface area contributed by atoms with E-state index in [0.29, 0.717) is 13.1 Å². The van der Waals surface area contributed by atoms with Crippen molar-refractivity contribution in [2.24, 2.45) is 0 Å². The number of aromatic carboxylic acids is 1. The van der Waals surface area contributed by atoms with Gasteiger partial charge in [-0.25, -0.2) is 4.79 Å². The highest BCUT2D eigenvalue weighted by molar-refractivity contribution is 5.85. The first-order valence-corrected chi connectivity index (χ1v) is 4.83. The van der Waals surface area contributed by atoms with Crippen molar-refractivity contribution in [3.63, 3.8) is 0 Å². The van der Waals surface area contributed by atoms with Crippen molar-refractivity contribution in [3.05, 3.63) is 12.0 Å². The fourth-order valence-electron chi connectivity index (χ4n) is 1.02. The summed E-state index contributed by atoms with van der Waals surface area (Å²) in [5.74, 6) is -1.24. The molecule has 0 atom stereocenters. The Morgan fingerprint density at radius 2 is 2.31 bits per heavy atom. The summed E-state index contributed by atoms with van der Waals surface area (Å²) < 4.78 is 4.83. The van der Waals surface area contributed by atoms with Crippen LogP contribution in [0.4, 0.5) is 6.01 Å². The number of aromatic nitrogens is 1. The van der Waals surface area contributed by atoms with Gasteiger partial charge in [0.25, 0.3) is 6.01 Å². The van der Waals surface area contributed by atoms with Crippen LogP contribution in [0.15, 0.2) is 10.7 Å². The summed E-state index contributed by atoms with van der Waals surface area (Å²) in [4.78, 5) is 25.2. The molecular weight excluding hydrogens is 214 g/mol. The molecule has 3 N–H and O–H groups in total. The summed E-state index contributed by atoms with van der Waals surface area (Å²) in [6.45, 7) is 2.75. The molecule has 0 bridgehead atoms. The summed E-state index contributed by atoms with van der Waals surface area (Å²) in [5, 5.41) is 13.9. The summed E-state index contributed by atoms with van der Waals surface area (Å²) >= 11 is 0. The van der Waals surface area contributed by atoms with Gasteiger partial charge in [-0.15, -0.1) is 0 Å². The number of carbonyl (C=O) groups excluding carboxylic acids is 1. The largest absolute Gasteiger partial charge is 0.476 e.